The fraction of sp³-hybridized carbons (Fsp3) is 0.526. The summed E-state index contributed by atoms with van der Waals surface area (Å²) in [5.74, 6) is 1.30. The molecule has 29 heavy (non-hydrogen) atoms. The molecule has 0 aliphatic carbocycles. The first kappa shape index (κ1) is 22.7. The number of urea groups is 1. The van der Waals surface area contributed by atoms with Crippen molar-refractivity contribution in [2.45, 2.75) is 44.8 Å². The van der Waals surface area contributed by atoms with Gasteiger partial charge < -0.3 is 19.9 Å². The van der Waals surface area contributed by atoms with Crippen molar-refractivity contribution in [3.8, 4) is 0 Å². The van der Waals surface area contributed by atoms with E-state index in [0.29, 0.717) is 36.7 Å². The number of hydrogen-bond donors (Lipinski definition) is 2. The summed E-state index contributed by atoms with van der Waals surface area (Å²) in [7, 11) is 1.41. The van der Waals surface area contributed by atoms with Crippen molar-refractivity contribution in [3.05, 3.63) is 47.1 Å². The summed E-state index contributed by atoms with van der Waals surface area (Å²) in [5, 5.41) is 9.17. The minimum atomic E-state index is -4.46. The Kier molecular flexibility index (Phi) is 8.00. The van der Waals surface area contributed by atoms with Crippen LogP contribution in [0.3, 0.4) is 0 Å². The summed E-state index contributed by atoms with van der Waals surface area (Å²) in [6.45, 7) is 4.30. The predicted octanol–water partition coefficient (Wildman–Crippen LogP) is 3.83. The lowest BCUT2D eigenvalue weighted by Gasteiger charge is -2.20. The molecular formula is C19H25F3N4O3. The van der Waals surface area contributed by atoms with Gasteiger partial charge in [-0.15, -0.1) is 0 Å². The lowest BCUT2D eigenvalue weighted by atomic mass is 10.0. The van der Waals surface area contributed by atoms with Gasteiger partial charge in [-0.25, -0.2) is 4.79 Å². The van der Waals surface area contributed by atoms with E-state index < -0.39 is 23.8 Å². The van der Waals surface area contributed by atoms with Crippen molar-refractivity contribution in [2.24, 2.45) is 0 Å². The number of alkyl halides is 3. The van der Waals surface area contributed by atoms with Crippen molar-refractivity contribution in [2.75, 3.05) is 20.3 Å². The Morgan fingerprint density at radius 1 is 1.31 bits per heavy atom. The molecule has 0 bridgehead atoms. The molecular weight excluding hydrogens is 389 g/mol. The van der Waals surface area contributed by atoms with Crippen LogP contribution in [0.4, 0.5) is 18.0 Å². The van der Waals surface area contributed by atoms with Crippen molar-refractivity contribution in [3.63, 3.8) is 0 Å². The first-order valence-electron chi connectivity index (χ1n) is 9.23. The van der Waals surface area contributed by atoms with Crippen LogP contribution in [0.2, 0.25) is 0 Å². The van der Waals surface area contributed by atoms with Crippen LogP contribution in [-0.2, 0) is 17.3 Å². The van der Waals surface area contributed by atoms with Crippen molar-refractivity contribution in [1.82, 2.24) is 20.8 Å². The third-order valence-electron chi connectivity index (χ3n) is 4.11. The van der Waals surface area contributed by atoms with Gasteiger partial charge in [-0.2, -0.15) is 18.2 Å². The molecule has 1 heterocycles. The average molecular weight is 414 g/mol. The Morgan fingerprint density at radius 3 is 2.69 bits per heavy atom. The molecule has 1 aromatic carbocycles. The number of carbonyl (C=O) groups excluding carboxylic acids is 1. The summed E-state index contributed by atoms with van der Waals surface area (Å²) in [6, 6.07) is 3.59. The highest BCUT2D eigenvalue weighted by Gasteiger charge is 2.31. The van der Waals surface area contributed by atoms with Crippen LogP contribution >= 0.6 is 0 Å². The summed E-state index contributed by atoms with van der Waals surface area (Å²) >= 11 is 0. The number of benzene rings is 1. The summed E-state index contributed by atoms with van der Waals surface area (Å²) in [6.07, 6.45) is -3.37. The fourth-order valence-corrected chi connectivity index (χ4v) is 2.57. The molecule has 0 saturated heterocycles. The summed E-state index contributed by atoms with van der Waals surface area (Å²) in [4.78, 5) is 16.4. The molecule has 0 aliphatic heterocycles. The number of amides is 2. The standard InChI is InChI=1S/C19H25F3N4O3/c1-12(2)17-25-16(29-26-17)8-5-9-23-18(27)24-15(11-28-3)13-6-4-7-14(10-13)19(20,21)22/h4,6-7,10,12,15H,5,8-9,11H2,1-3H3,(H2,23,24,27). The first-order chi connectivity index (χ1) is 13.7. The Labute approximate surface area is 167 Å². The molecule has 2 N–H and O–H groups in total. The molecule has 2 aromatic rings. The molecule has 2 amide bonds. The smallest absolute Gasteiger partial charge is 0.382 e. The number of nitrogens with zero attached hydrogens (tertiary/aromatic N) is 2. The molecule has 0 radical (unpaired) electrons. The van der Waals surface area contributed by atoms with Gasteiger partial charge in [-0.05, 0) is 24.1 Å². The van der Waals surface area contributed by atoms with Gasteiger partial charge in [0.1, 0.15) is 0 Å². The molecule has 0 aliphatic rings. The van der Waals surface area contributed by atoms with E-state index in [1.807, 2.05) is 13.8 Å². The molecule has 160 valence electrons. The third-order valence-corrected chi connectivity index (χ3v) is 4.11. The van der Waals surface area contributed by atoms with Gasteiger partial charge >= 0.3 is 12.2 Å². The zero-order valence-electron chi connectivity index (χ0n) is 16.5. The second kappa shape index (κ2) is 10.2. The third kappa shape index (κ3) is 7.04. The Bertz CT molecular complexity index is 793. The lowest BCUT2D eigenvalue weighted by Crippen LogP contribution is -2.40. The van der Waals surface area contributed by atoms with Gasteiger partial charge in [-0.3, -0.25) is 0 Å². The number of methoxy groups -OCH3 is 1. The summed E-state index contributed by atoms with van der Waals surface area (Å²) < 4.78 is 48.9. The first-order valence-corrected chi connectivity index (χ1v) is 9.23. The zero-order chi connectivity index (χ0) is 21.4. The Morgan fingerprint density at radius 2 is 2.07 bits per heavy atom. The fourth-order valence-electron chi connectivity index (χ4n) is 2.57. The van der Waals surface area contributed by atoms with Gasteiger partial charge in [-0.1, -0.05) is 31.1 Å². The van der Waals surface area contributed by atoms with E-state index in [4.69, 9.17) is 9.26 Å². The molecule has 1 aromatic heterocycles. The van der Waals surface area contributed by atoms with E-state index in [0.717, 1.165) is 12.1 Å². The molecule has 10 heteroatoms. The van der Waals surface area contributed by atoms with E-state index in [-0.39, 0.29) is 12.5 Å². The van der Waals surface area contributed by atoms with Gasteiger partial charge in [0, 0.05) is 26.0 Å². The lowest BCUT2D eigenvalue weighted by molar-refractivity contribution is -0.137. The van der Waals surface area contributed by atoms with Crippen LogP contribution in [0.25, 0.3) is 0 Å². The molecule has 1 unspecified atom stereocenters. The quantitative estimate of drug-likeness (QED) is 0.609. The average Bonchev–Trinajstić information content (AvgIpc) is 3.14. The second-order valence-corrected chi connectivity index (χ2v) is 6.84. The Balaban J connectivity index is 1.86. The van der Waals surface area contributed by atoms with E-state index >= 15 is 0 Å². The van der Waals surface area contributed by atoms with Crippen LogP contribution in [0.1, 0.15) is 55.1 Å². The number of carbonyl (C=O) groups is 1. The Hall–Kier alpha value is -2.62. The van der Waals surface area contributed by atoms with Crippen LogP contribution in [0, 0.1) is 0 Å². The normalized spacial score (nSPS) is 12.8. The molecule has 0 saturated carbocycles. The summed E-state index contributed by atoms with van der Waals surface area (Å²) in [5.41, 5.74) is -0.470. The SMILES string of the molecule is COCC(NC(=O)NCCCc1nc(C(C)C)no1)c1cccc(C(F)(F)F)c1. The molecule has 1 atom stereocenters. The maximum atomic E-state index is 12.9. The van der Waals surface area contributed by atoms with Crippen LogP contribution in [0.5, 0.6) is 0 Å². The number of halogens is 3. The van der Waals surface area contributed by atoms with Crippen molar-refractivity contribution >= 4 is 6.03 Å². The van der Waals surface area contributed by atoms with Gasteiger partial charge in [0.05, 0.1) is 18.2 Å². The number of rotatable bonds is 9. The van der Waals surface area contributed by atoms with Crippen LogP contribution in [-0.4, -0.2) is 36.4 Å². The highest BCUT2D eigenvalue weighted by atomic mass is 19.4. The monoisotopic (exact) mass is 414 g/mol. The number of aromatic nitrogens is 2. The predicted molar refractivity (Wildman–Crippen MR) is 99.3 cm³/mol. The second-order valence-electron chi connectivity index (χ2n) is 6.84. The van der Waals surface area contributed by atoms with Gasteiger partial charge in [0.25, 0.3) is 0 Å². The van der Waals surface area contributed by atoms with Gasteiger partial charge in [0.2, 0.25) is 5.89 Å². The minimum absolute atomic E-state index is 0.0364. The zero-order valence-corrected chi connectivity index (χ0v) is 16.5. The number of aryl methyl sites for hydroxylation is 1. The van der Waals surface area contributed by atoms with E-state index in [1.165, 1.54) is 19.2 Å². The number of ether oxygens (including phenoxy) is 1. The number of nitrogens with one attached hydrogen (secondary N) is 2. The van der Waals surface area contributed by atoms with E-state index in [9.17, 15) is 18.0 Å². The largest absolute Gasteiger partial charge is 0.416 e. The molecule has 0 fully saturated rings. The van der Waals surface area contributed by atoms with Crippen molar-refractivity contribution in [1.29, 1.82) is 0 Å². The maximum absolute atomic E-state index is 12.9. The highest BCUT2D eigenvalue weighted by molar-refractivity contribution is 5.74. The van der Waals surface area contributed by atoms with E-state index in [2.05, 4.69) is 20.8 Å². The van der Waals surface area contributed by atoms with Crippen molar-refractivity contribution < 1.29 is 27.2 Å². The molecule has 0 spiro atoms. The van der Waals surface area contributed by atoms with Crippen LogP contribution < -0.4 is 10.6 Å². The van der Waals surface area contributed by atoms with Crippen LogP contribution in [0.15, 0.2) is 28.8 Å². The minimum Gasteiger partial charge on any atom is -0.382 e. The van der Waals surface area contributed by atoms with E-state index in [1.54, 1.807) is 0 Å². The topological polar surface area (TPSA) is 89.3 Å². The van der Waals surface area contributed by atoms with Gasteiger partial charge in [0.15, 0.2) is 5.82 Å². The maximum Gasteiger partial charge on any atom is 0.416 e. The molecule has 7 nitrogen and oxygen atoms in total. The highest BCUT2D eigenvalue weighted by Crippen LogP contribution is 2.30. The molecule has 2 rings (SSSR count). The number of hydrogen-bond acceptors (Lipinski definition) is 5.